The molecule has 1 aliphatic carbocycles. The van der Waals surface area contributed by atoms with Gasteiger partial charge in [0.15, 0.2) is 9.84 Å². The van der Waals surface area contributed by atoms with Crippen LogP contribution in [0.5, 0.6) is 0 Å². The quantitative estimate of drug-likeness (QED) is 0.783. The highest BCUT2D eigenvalue weighted by molar-refractivity contribution is 7.91. The molecule has 1 saturated carbocycles. The number of hydrogen-bond acceptors (Lipinski definition) is 4. The second-order valence-corrected chi connectivity index (χ2v) is 8.51. The van der Waals surface area contributed by atoms with Crippen molar-refractivity contribution in [2.45, 2.75) is 45.3 Å². The van der Waals surface area contributed by atoms with Gasteiger partial charge in [0.05, 0.1) is 23.7 Å². The minimum absolute atomic E-state index is 0.0424. The zero-order valence-electron chi connectivity index (χ0n) is 11.1. The van der Waals surface area contributed by atoms with E-state index in [4.69, 9.17) is 0 Å². The van der Waals surface area contributed by atoms with Crippen LogP contribution in [0.15, 0.2) is 0 Å². The zero-order chi connectivity index (χ0) is 13.5. The molecule has 0 bridgehead atoms. The molecule has 0 spiro atoms. The van der Waals surface area contributed by atoms with Crippen molar-refractivity contribution in [3.63, 3.8) is 0 Å². The monoisotopic (exact) mass is 276 g/mol. The second kappa shape index (κ2) is 5.10. The Bertz CT molecular complexity index is 390. The first-order valence-electron chi connectivity index (χ1n) is 6.86. The highest BCUT2D eigenvalue weighted by atomic mass is 32.2. The normalized spacial score (nSPS) is 44.4. The lowest BCUT2D eigenvalue weighted by Crippen LogP contribution is -2.40. The van der Waals surface area contributed by atoms with E-state index in [0.29, 0.717) is 11.8 Å². The minimum Gasteiger partial charge on any atom is -0.393 e. The maximum Gasteiger partial charge on any atom is 0.153 e. The smallest absolute Gasteiger partial charge is 0.153 e. The van der Waals surface area contributed by atoms with Crippen molar-refractivity contribution < 1.29 is 18.6 Å². The van der Waals surface area contributed by atoms with E-state index in [-0.39, 0.29) is 23.3 Å². The van der Waals surface area contributed by atoms with Gasteiger partial charge in [0.1, 0.15) is 0 Å². The topological polar surface area (TPSA) is 74.6 Å². The van der Waals surface area contributed by atoms with Crippen LogP contribution in [0, 0.1) is 23.7 Å². The van der Waals surface area contributed by atoms with Gasteiger partial charge < -0.3 is 10.2 Å². The molecular weight excluding hydrogens is 252 g/mol. The van der Waals surface area contributed by atoms with E-state index in [2.05, 4.69) is 13.8 Å². The van der Waals surface area contributed by atoms with Crippen molar-refractivity contribution in [2.75, 3.05) is 11.5 Å². The van der Waals surface area contributed by atoms with Crippen molar-refractivity contribution in [3.05, 3.63) is 0 Å². The third kappa shape index (κ3) is 2.89. The van der Waals surface area contributed by atoms with E-state index >= 15 is 0 Å². The molecule has 4 nitrogen and oxygen atoms in total. The van der Waals surface area contributed by atoms with Crippen molar-refractivity contribution in [1.82, 2.24) is 0 Å². The fraction of sp³-hybridized carbons (Fsp3) is 1.00. The molecule has 2 fully saturated rings. The van der Waals surface area contributed by atoms with Gasteiger partial charge in [-0.25, -0.2) is 8.42 Å². The summed E-state index contributed by atoms with van der Waals surface area (Å²) in [5.41, 5.74) is 0. The van der Waals surface area contributed by atoms with E-state index in [9.17, 15) is 18.6 Å². The molecule has 0 radical (unpaired) electrons. The first kappa shape index (κ1) is 14.3. The van der Waals surface area contributed by atoms with Crippen LogP contribution >= 0.6 is 0 Å². The van der Waals surface area contributed by atoms with Gasteiger partial charge in [0, 0.05) is 5.92 Å². The Morgan fingerprint density at radius 3 is 2.17 bits per heavy atom. The molecule has 0 aromatic heterocycles. The molecule has 1 heterocycles. The molecule has 2 rings (SSSR count). The summed E-state index contributed by atoms with van der Waals surface area (Å²) >= 11 is 0. The van der Waals surface area contributed by atoms with Gasteiger partial charge >= 0.3 is 0 Å². The largest absolute Gasteiger partial charge is 0.393 e. The zero-order valence-corrected chi connectivity index (χ0v) is 11.9. The number of aliphatic hydroxyl groups excluding tert-OH is 2. The average molecular weight is 276 g/mol. The van der Waals surface area contributed by atoms with Gasteiger partial charge in [-0.3, -0.25) is 0 Å². The summed E-state index contributed by atoms with van der Waals surface area (Å²) in [6.07, 6.45) is 1.34. The third-order valence-electron chi connectivity index (χ3n) is 4.76. The molecule has 1 saturated heterocycles. The Morgan fingerprint density at radius 1 is 1.00 bits per heavy atom. The van der Waals surface area contributed by atoms with Gasteiger partial charge in [-0.15, -0.1) is 0 Å². The van der Waals surface area contributed by atoms with Crippen LogP contribution in [-0.4, -0.2) is 42.3 Å². The van der Waals surface area contributed by atoms with Crippen LogP contribution in [-0.2, 0) is 9.84 Å². The molecule has 0 aromatic rings. The second-order valence-electron chi connectivity index (χ2n) is 6.36. The molecule has 5 atom stereocenters. The lowest BCUT2D eigenvalue weighted by Gasteiger charge is -2.39. The van der Waals surface area contributed by atoms with Gasteiger partial charge in [0.25, 0.3) is 0 Å². The average Bonchev–Trinajstić information content (AvgIpc) is 2.52. The van der Waals surface area contributed by atoms with Crippen LogP contribution in [0.4, 0.5) is 0 Å². The third-order valence-corrected chi connectivity index (χ3v) is 6.50. The van der Waals surface area contributed by atoms with Gasteiger partial charge in [0.2, 0.25) is 0 Å². The predicted molar refractivity (Wildman–Crippen MR) is 69.8 cm³/mol. The molecule has 2 N–H and O–H groups in total. The summed E-state index contributed by atoms with van der Waals surface area (Å²) in [6.45, 7) is 4.34. The Morgan fingerprint density at radius 2 is 1.67 bits per heavy atom. The number of sulfone groups is 1. The number of hydrogen-bond donors (Lipinski definition) is 2. The lowest BCUT2D eigenvalue weighted by molar-refractivity contribution is -0.0168. The predicted octanol–water partition coefficient (Wildman–Crippen LogP) is 0.825. The summed E-state index contributed by atoms with van der Waals surface area (Å²) in [7, 11) is -3.12. The van der Waals surface area contributed by atoms with Crippen LogP contribution in [0.25, 0.3) is 0 Å². The molecule has 18 heavy (non-hydrogen) atoms. The van der Waals surface area contributed by atoms with Crippen LogP contribution in [0.3, 0.4) is 0 Å². The maximum atomic E-state index is 11.6. The Kier molecular flexibility index (Phi) is 4.04. The molecule has 5 unspecified atom stereocenters. The van der Waals surface area contributed by atoms with Crippen molar-refractivity contribution in [1.29, 1.82) is 0 Å². The SMILES string of the molecule is CC(C)C1CCC(O)C(C2CS(=O)(=O)CC2O)C1. The number of aliphatic hydroxyl groups is 2. The standard InChI is InChI=1S/C13H24O4S/c1-8(2)9-3-4-12(14)10(5-9)11-6-18(16,17)7-13(11)15/h8-15H,3-7H2,1-2H3. The van der Waals surface area contributed by atoms with E-state index in [0.717, 1.165) is 19.3 Å². The van der Waals surface area contributed by atoms with E-state index in [1.807, 2.05) is 0 Å². The van der Waals surface area contributed by atoms with Crippen LogP contribution in [0.2, 0.25) is 0 Å². The maximum absolute atomic E-state index is 11.6. The van der Waals surface area contributed by atoms with Crippen molar-refractivity contribution in [3.8, 4) is 0 Å². The summed E-state index contributed by atoms with van der Waals surface area (Å²) < 4.78 is 23.1. The molecule has 1 aliphatic heterocycles. The van der Waals surface area contributed by atoms with E-state index in [1.165, 1.54) is 0 Å². The molecule has 2 aliphatic rings. The summed E-state index contributed by atoms with van der Waals surface area (Å²) in [5, 5.41) is 20.0. The van der Waals surface area contributed by atoms with Gasteiger partial charge in [-0.05, 0) is 37.0 Å². The molecule has 5 heteroatoms. The van der Waals surface area contributed by atoms with E-state index in [1.54, 1.807) is 0 Å². The highest BCUT2D eigenvalue weighted by Crippen LogP contribution is 2.41. The van der Waals surface area contributed by atoms with Crippen LogP contribution < -0.4 is 0 Å². The summed E-state index contributed by atoms with van der Waals surface area (Å²) in [5.74, 6) is 0.669. The fourth-order valence-electron chi connectivity index (χ4n) is 3.55. The molecule has 0 aromatic carbocycles. The Balaban J connectivity index is 2.11. The van der Waals surface area contributed by atoms with Crippen molar-refractivity contribution >= 4 is 9.84 Å². The van der Waals surface area contributed by atoms with Gasteiger partial charge in [-0.1, -0.05) is 13.8 Å². The first-order chi connectivity index (χ1) is 8.30. The lowest BCUT2D eigenvalue weighted by atomic mass is 9.69. The minimum atomic E-state index is -3.12. The summed E-state index contributed by atoms with van der Waals surface area (Å²) in [4.78, 5) is 0. The molecule has 0 amide bonds. The van der Waals surface area contributed by atoms with Gasteiger partial charge in [-0.2, -0.15) is 0 Å². The van der Waals surface area contributed by atoms with Crippen LogP contribution in [0.1, 0.15) is 33.1 Å². The Hall–Kier alpha value is -0.130. The first-order valence-corrected chi connectivity index (χ1v) is 8.69. The number of rotatable bonds is 2. The summed E-state index contributed by atoms with van der Waals surface area (Å²) in [6, 6.07) is 0. The molecular formula is C13H24O4S. The fourth-order valence-corrected chi connectivity index (χ4v) is 5.51. The highest BCUT2D eigenvalue weighted by Gasteiger charge is 2.45. The molecule has 106 valence electrons. The van der Waals surface area contributed by atoms with Crippen molar-refractivity contribution in [2.24, 2.45) is 23.7 Å². The Labute approximate surface area is 109 Å². The van der Waals surface area contributed by atoms with E-state index < -0.39 is 22.0 Å².